The lowest BCUT2D eigenvalue weighted by Crippen LogP contribution is -2.35. The summed E-state index contributed by atoms with van der Waals surface area (Å²) in [5, 5.41) is 11.7. The smallest absolute Gasteiger partial charge is 0.342 e. The van der Waals surface area contributed by atoms with Gasteiger partial charge in [0.05, 0.1) is 6.61 Å². The predicted molar refractivity (Wildman–Crippen MR) is 71.0 cm³/mol. The van der Waals surface area contributed by atoms with Crippen molar-refractivity contribution in [2.24, 2.45) is 0 Å². The minimum absolute atomic E-state index is 0.230. The molecule has 0 bridgehead atoms. The van der Waals surface area contributed by atoms with E-state index >= 15 is 0 Å². The van der Waals surface area contributed by atoms with Crippen molar-refractivity contribution in [2.75, 3.05) is 13.0 Å². The number of nitrogens with one attached hydrogen (secondary N) is 1. The van der Waals surface area contributed by atoms with Crippen LogP contribution in [0.2, 0.25) is 0 Å². The molecule has 0 saturated heterocycles. The number of esters is 1. The minimum atomic E-state index is -3.55. The Morgan fingerprint density at radius 1 is 1.42 bits per heavy atom. The molecule has 0 aliphatic carbocycles. The zero-order valence-electron chi connectivity index (χ0n) is 10.9. The fraction of sp³-hybridized carbons (Fsp3) is 0.417. The molecule has 0 spiro atoms. The average molecular weight is 287 g/mol. The number of benzene rings is 1. The van der Waals surface area contributed by atoms with Crippen molar-refractivity contribution in [3.63, 3.8) is 0 Å². The van der Waals surface area contributed by atoms with Crippen molar-refractivity contribution < 1.29 is 23.7 Å². The highest BCUT2D eigenvalue weighted by atomic mass is 31.2. The van der Waals surface area contributed by atoms with Crippen LogP contribution < -0.4 is 9.61 Å². The van der Waals surface area contributed by atoms with Gasteiger partial charge in [-0.3, -0.25) is 9.36 Å². The molecule has 1 aromatic carbocycles. The average Bonchev–Trinajstić information content (AvgIpc) is 2.40. The van der Waals surface area contributed by atoms with Gasteiger partial charge in [-0.15, -0.1) is 0 Å². The van der Waals surface area contributed by atoms with Crippen molar-refractivity contribution in [1.29, 1.82) is 0 Å². The van der Waals surface area contributed by atoms with E-state index in [0.29, 0.717) is 5.75 Å². The van der Waals surface area contributed by atoms with Crippen LogP contribution in [0.5, 0.6) is 5.75 Å². The molecule has 0 heterocycles. The normalized spacial score (nSPS) is 15.3. The third-order valence-electron chi connectivity index (χ3n) is 2.21. The highest BCUT2D eigenvalue weighted by Gasteiger charge is 2.29. The predicted octanol–water partition coefficient (Wildman–Crippen LogP) is 1.75. The standard InChI is InChI=1S/C12H18NO5P/c1-3-17-12(15)10(2)13-19(16,9-14)18-11-7-5-4-6-8-11/h4-8,10,14H,3,9H2,1-2H3,(H,13,16)/t10-,19?/m0/s1. The number of carbonyl (C=O) groups is 1. The number of para-hydroxylation sites is 1. The fourth-order valence-electron chi connectivity index (χ4n) is 1.36. The molecule has 0 radical (unpaired) electrons. The van der Waals surface area contributed by atoms with Crippen LogP contribution in [0.4, 0.5) is 0 Å². The summed E-state index contributed by atoms with van der Waals surface area (Å²) in [5.74, 6) is -0.198. The van der Waals surface area contributed by atoms with Crippen LogP contribution in [0.3, 0.4) is 0 Å². The second-order valence-corrected chi connectivity index (χ2v) is 5.89. The molecule has 0 aliphatic heterocycles. The van der Waals surface area contributed by atoms with Gasteiger partial charge in [-0.2, -0.15) is 0 Å². The zero-order valence-corrected chi connectivity index (χ0v) is 11.8. The molecule has 1 rings (SSSR count). The maximum absolute atomic E-state index is 12.3. The number of rotatable bonds is 7. The van der Waals surface area contributed by atoms with Gasteiger partial charge in [0, 0.05) is 0 Å². The Balaban J connectivity index is 2.70. The zero-order chi connectivity index (χ0) is 14.3. The van der Waals surface area contributed by atoms with Crippen molar-refractivity contribution in [2.45, 2.75) is 19.9 Å². The molecule has 0 amide bonds. The summed E-state index contributed by atoms with van der Waals surface area (Å²) in [7, 11) is -3.55. The van der Waals surface area contributed by atoms with Gasteiger partial charge in [0.2, 0.25) is 0 Å². The van der Waals surface area contributed by atoms with E-state index in [1.54, 1.807) is 37.3 Å². The van der Waals surface area contributed by atoms with E-state index in [2.05, 4.69) is 5.09 Å². The fourth-order valence-corrected chi connectivity index (χ4v) is 2.71. The summed E-state index contributed by atoms with van der Waals surface area (Å²) >= 11 is 0. The molecular formula is C12H18NO5P. The molecule has 19 heavy (non-hydrogen) atoms. The van der Waals surface area contributed by atoms with Crippen LogP contribution in [-0.4, -0.2) is 30.1 Å². The van der Waals surface area contributed by atoms with E-state index in [-0.39, 0.29) is 6.61 Å². The van der Waals surface area contributed by atoms with Gasteiger partial charge in [0.25, 0.3) is 0 Å². The van der Waals surface area contributed by atoms with Crippen LogP contribution in [-0.2, 0) is 14.1 Å². The number of carbonyl (C=O) groups excluding carboxylic acids is 1. The van der Waals surface area contributed by atoms with Crippen molar-refractivity contribution >= 4 is 13.5 Å². The summed E-state index contributed by atoms with van der Waals surface area (Å²) < 4.78 is 22.3. The minimum Gasteiger partial charge on any atom is -0.465 e. The van der Waals surface area contributed by atoms with Gasteiger partial charge < -0.3 is 14.4 Å². The molecule has 0 aliphatic rings. The Hall–Kier alpha value is -1.36. The van der Waals surface area contributed by atoms with Crippen LogP contribution >= 0.6 is 7.52 Å². The van der Waals surface area contributed by atoms with Gasteiger partial charge >= 0.3 is 13.5 Å². The van der Waals surface area contributed by atoms with E-state index in [1.165, 1.54) is 6.92 Å². The monoisotopic (exact) mass is 287 g/mol. The lowest BCUT2D eigenvalue weighted by Gasteiger charge is -2.21. The molecule has 0 saturated carbocycles. The number of ether oxygens (including phenoxy) is 1. The number of hydrogen-bond acceptors (Lipinski definition) is 5. The third kappa shape index (κ3) is 5.03. The first kappa shape index (κ1) is 15.7. The quantitative estimate of drug-likeness (QED) is 0.587. The summed E-state index contributed by atoms with van der Waals surface area (Å²) in [4.78, 5) is 11.4. The molecule has 1 unspecified atom stereocenters. The molecule has 106 valence electrons. The molecule has 6 nitrogen and oxygen atoms in total. The van der Waals surface area contributed by atoms with E-state index in [1.807, 2.05) is 0 Å². The summed E-state index contributed by atoms with van der Waals surface area (Å²) in [6.45, 7) is 3.40. The van der Waals surface area contributed by atoms with Gasteiger partial charge in [0.15, 0.2) is 0 Å². The molecule has 7 heteroatoms. The first-order chi connectivity index (χ1) is 9.00. The van der Waals surface area contributed by atoms with Gasteiger partial charge in [-0.25, -0.2) is 5.09 Å². The Morgan fingerprint density at radius 2 is 2.05 bits per heavy atom. The second-order valence-electron chi connectivity index (χ2n) is 3.82. The number of hydrogen-bond donors (Lipinski definition) is 2. The first-order valence-corrected chi connectivity index (χ1v) is 7.70. The first-order valence-electron chi connectivity index (χ1n) is 5.89. The van der Waals surface area contributed by atoms with Crippen LogP contribution in [0.25, 0.3) is 0 Å². The number of aliphatic hydroxyl groups is 1. The summed E-state index contributed by atoms with van der Waals surface area (Å²) in [5.41, 5.74) is 0. The maximum Gasteiger partial charge on any atom is 0.342 e. The Kier molecular flexibility index (Phi) is 6.02. The molecule has 1 aromatic rings. The molecule has 2 N–H and O–H groups in total. The highest BCUT2D eigenvalue weighted by molar-refractivity contribution is 7.57. The molecule has 2 atom stereocenters. The SMILES string of the molecule is CCOC(=O)[C@H](C)NP(=O)(CO)Oc1ccccc1. The molecule has 0 aromatic heterocycles. The topological polar surface area (TPSA) is 84.9 Å². The maximum atomic E-state index is 12.3. The summed E-state index contributed by atoms with van der Waals surface area (Å²) in [6.07, 6.45) is -0.717. The Morgan fingerprint density at radius 3 is 2.58 bits per heavy atom. The second kappa shape index (κ2) is 7.28. The van der Waals surface area contributed by atoms with Crippen LogP contribution in [0.15, 0.2) is 30.3 Å². The van der Waals surface area contributed by atoms with E-state index < -0.39 is 25.9 Å². The van der Waals surface area contributed by atoms with Crippen molar-refractivity contribution in [3.05, 3.63) is 30.3 Å². The van der Waals surface area contributed by atoms with E-state index in [4.69, 9.17) is 9.26 Å². The van der Waals surface area contributed by atoms with Crippen molar-refractivity contribution in [3.8, 4) is 5.75 Å². The Labute approximate surface area is 112 Å². The van der Waals surface area contributed by atoms with E-state index in [0.717, 1.165) is 0 Å². The number of aliphatic hydroxyl groups excluding tert-OH is 1. The summed E-state index contributed by atoms with van der Waals surface area (Å²) in [6, 6.07) is 7.60. The molecule has 0 fully saturated rings. The third-order valence-corrected chi connectivity index (χ3v) is 3.87. The van der Waals surface area contributed by atoms with Gasteiger partial charge in [-0.05, 0) is 26.0 Å². The Bertz CT molecular complexity index is 451. The van der Waals surface area contributed by atoms with E-state index in [9.17, 15) is 14.5 Å². The molecular weight excluding hydrogens is 269 g/mol. The lowest BCUT2D eigenvalue weighted by atomic mass is 10.3. The van der Waals surface area contributed by atoms with Crippen molar-refractivity contribution in [1.82, 2.24) is 5.09 Å². The van der Waals surface area contributed by atoms with Gasteiger partial charge in [0.1, 0.15) is 18.1 Å². The highest BCUT2D eigenvalue weighted by Crippen LogP contribution is 2.42. The van der Waals surface area contributed by atoms with Crippen LogP contribution in [0.1, 0.15) is 13.8 Å². The largest absolute Gasteiger partial charge is 0.465 e. The lowest BCUT2D eigenvalue weighted by molar-refractivity contribution is -0.144. The van der Waals surface area contributed by atoms with Crippen LogP contribution in [0, 0.1) is 0 Å². The van der Waals surface area contributed by atoms with Gasteiger partial charge in [-0.1, -0.05) is 18.2 Å².